The number of allylic oxidation sites excluding steroid dienone is 1. The fraction of sp³-hybridized carbons (Fsp3) is 0.167. The monoisotopic (exact) mass is 512 g/mol. The highest BCUT2D eigenvalue weighted by Gasteiger charge is 2.28. The molecule has 188 valence electrons. The molecule has 0 radical (unpaired) electrons. The molecule has 1 heterocycles. The lowest BCUT2D eigenvalue weighted by atomic mass is 9.85. The third-order valence-corrected chi connectivity index (χ3v) is 7.80. The van der Waals surface area contributed by atoms with Gasteiger partial charge in [-0.3, -0.25) is 9.52 Å². The smallest absolute Gasteiger partial charge is 0.261 e. The Morgan fingerprint density at radius 2 is 1.73 bits per heavy atom. The van der Waals surface area contributed by atoms with Gasteiger partial charge in [-0.15, -0.1) is 0 Å². The van der Waals surface area contributed by atoms with Crippen molar-refractivity contribution in [1.82, 2.24) is 5.32 Å². The Morgan fingerprint density at radius 1 is 0.946 bits per heavy atom. The number of nitrogens with one attached hydrogen (secondary N) is 2. The van der Waals surface area contributed by atoms with Crippen molar-refractivity contribution >= 4 is 38.0 Å². The number of ether oxygens (including phenoxy) is 1. The summed E-state index contributed by atoms with van der Waals surface area (Å²) in [6, 6.07) is 25.0. The van der Waals surface area contributed by atoms with Crippen LogP contribution in [0, 0.1) is 0 Å². The molecule has 0 aromatic heterocycles. The Kier molecular flexibility index (Phi) is 6.25. The third kappa shape index (κ3) is 5.22. The molecule has 0 spiro atoms. The SMILES string of the molecule is COc1ccc2c(c1)C(=CC(=O)c1cccc(NS(=O)(=O)c3ccc4ccccc4c3)c1)NC(C)(C)C2. The number of anilines is 1. The number of sulfonamides is 1. The van der Waals surface area contributed by atoms with E-state index in [4.69, 9.17) is 4.74 Å². The quantitative estimate of drug-likeness (QED) is 0.252. The molecule has 2 N–H and O–H groups in total. The number of methoxy groups -OCH3 is 1. The summed E-state index contributed by atoms with van der Waals surface area (Å²) in [4.78, 5) is 13.5. The van der Waals surface area contributed by atoms with Gasteiger partial charge >= 0.3 is 0 Å². The Labute approximate surface area is 217 Å². The van der Waals surface area contributed by atoms with E-state index in [2.05, 4.69) is 23.9 Å². The second-order valence-electron chi connectivity index (χ2n) is 9.83. The molecule has 1 aliphatic rings. The first-order valence-electron chi connectivity index (χ1n) is 12.0. The van der Waals surface area contributed by atoms with Gasteiger partial charge in [0.15, 0.2) is 5.78 Å². The van der Waals surface area contributed by atoms with E-state index in [1.54, 1.807) is 55.7 Å². The second-order valence-corrected chi connectivity index (χ2v) is 11.5. The number of fused-ring (bicyclic) bond motifs is 2. The Hall–Kier alpha value is -4.10. The third-order valence-electron chi connectivity index (χ3n) is 6.42. The molecule has 0 bridgehead atoms. The lowest BCUT2D eigenvalue weighted by molar-refractivity contribution is 0.104. The van der Waals surface area contributed by atoms with Crippen LogP contribution in [0.4, 0.5) is 5.69 Å². The summed E-state index contributed by atoms with van der Waals surface area (Å²) in [6.07, 6.45) is 2.38. The summed E-state index contributed by atoms with van der Waals surface area (Å²) in [7, 11) is -2.23. The second kappa shape index (κ2) is 9.41. The normalized spacial score (nSPS) is 15.6. The summed E-state index contributed by atoms with van der Waals surface area (Å²) >= 11 is 0. The minimum absolute atomic E-state index is 0.157. The van der Waals surface area contributed by atoms with Crippen LogP contribution in [0.15, 0.2) is 95.9 Å². The van der Waals surface area contributed by atoms with Crippen molar-refractivity contribution in [3.05, 3.63) is 108 Å². The average molecular weight is 513 g/mol. The highest BCUT2D eigenvalue weighted by Crippen LogP contribution is 2.32. The summed E-state index contributed by atoms with van der Waals surface area (Å²) in [5, 5.41) is 5.26. The lowest BCUT2D eigenvalue weighted by Crippen LogP contribution is -2.43. The molecule has 0 atom stereocenters. The van der Waals surface area contributed by atoms with E-state index in [0.29, 0.717) is 22.7 Å². The van der Waals surface area contributed by atoms with Crippen molar-refractivity contribution < 1.29 is 17.9 Å². The highest BCUT2D eigenvalue weighted by atomic mass is 32.2. The highest BCUT2D eigenvalue weighted by molar-refractivity contribution is 7.92. The van der Waals surface area contributed by atoms with Gasteiger partial charge in [-0.25, -0.2) is 8.42 Å². The molecule has 0 fully saturated rings. The molecule has 0 aliphatic carbocycles. The van der Waals surface area contributed by atoms with Crippen LogP contribution < -0.4 is 14.8 Å². The first kappa shape index (κ1) is 24.6. The molecule has 4 aromatic carbocycles. The summed E-state index contributed by atoms with van der Waals surface area (Å²) < 4.78 is 34.2. The molecule has 0 saturated carbocycles. The fourth-order valence-corrected chi connectivity index (χ4v) is 5.74. The maximum atomic E-state index is 13.3. The van der Waals surface area contributed by atoms with Crippen molar-refractivity contribution in [2.45, 2.75) is 30.7 Å². The Morgan fingerprint density at radius 3 is 2.51 bits per heavy atom. The van der Waals surface area contributed by atoms with Gasteiger partial charge in [0.25, 0.3) is 10.0 Å². The first-order chi connectivity index (χ1) is 17.6. The topological polar surface area (TPSA) is 84.5 Å². The maximum absolute atomic E-state index is 13.3. The van der Waals surface area contributed by atoms with Crippen LogP contribution in [0.3, 0.4) is 0 Å². The first-order valence-corrected chi connectivity index (χ1v) is 13.5. The van der Waals surface area contributed by atoms with Crippen LogP contribution in [0.2, 0.25) is 0 Å². The largest absolute Gasteiger partial charge is 0.497 e. The summed E-state index contributed by atoms with van der Waals surface area (Å²) in [6.45, 7) is 4.17. The standard InChI is InChI=1S/C30H28N2O4S/c1-30(2)19-23-11-13-25(36-3)17-27(23)28(31-30)18-29(33)22-9-6-10-24(15-22)32-37(34,35)26-14-12-20-7-4-5-8-21(20)16-26/h4-18,31-32H,19H2,1-3H3. The van der Waals surface area contributed by atoms with Crippen LogP contribution in [-0.4, -0.2) is 26.8 Å². The van der Waals surface area contributed by atoms with Gasteiger partial charge in [-0.2, -0.15) is 0 Å². The van der Waals surface area contributed by atoms with Gasteiger partial charge in [0.1, 0.15) is 5.75 Å². The molecule has 37 heavy (non-hydrogen) atoms. The molecular formula is C30H28N2O4S. The minimum Gasteiger partial charge on any atom is -0.497 e. The van der Waals surface area contributed by atoms with Crippen molar-refractivity contribution in [1.29, 1.82) is 0 Å². The van der Waals surface area contributed by atoms with Crippen molar-refractivity contribution in [3.8, 4) is 5.75 Å². The molecule has 1 aliphatic heterocycles. The van der Waals surface area contributed by atoms with Crippen LogP contribution in [-0.2, 0) is 16.4 Å². The lowest BCUT2D eigenvalue weighted by Gasteiger charge is -2.35. The predicted octanol–water partition coefficient (Wildman–Crippen LogP) is 5.80. The zero-order valence-corrected chi connectivity index (χ0v) is 21.7. The molecule has 4 aromatic rings. The summed E-state index contributed by atoms with van der Waals surface area (Å²) in [5.41, 5.74) is 3.21. The van der Waals surface area contributed by atoms with Gasteiger partial charge in [-0.1, -0.05) is 48.5 Å². The van der Waals surface area contributed by atoms with Gasteiger partial charge in [0, 0.05) is 34.1 Å². The molecular weight excluding hydrogens is 484 g/mol. The number of hydrogen-bond donors (Lipinski definition) is 2. The van der Waals surface area contributed by atoms with Crippen LogP contribution in [0.5, 0.6) is 5.75 Å². The number of ketones is 1. The van der Waals surface area contributed by atoms with E-state index in [0.717, 1.165) is 28.3 Å². The molecule has 0 saturated heterocycles. The number of carbonyl (C=O) groups excluding carboxylic acids is 1. The zero-order valence-electron chi connectivity index (χ0n) is 20.9. The van der Waals surface area contributed by atoms with Gasteiger partial charge in [0.05, 0.1) is 12.0 Å². The van der Waals surface area contributed by atoms with E-state index in [1.807, 2.05) is 42.5 Å². The molecule has 0 amide bonds. The number of rotatable bonds is 6. The molecule has 6 nitrogen and oxygen atoms in total. The number of benzene rings is 4. The van der Waals surface area contributed by atoms with E-state index >= 15 is 0 Å². The summed E-state index contributed by atoms with van der Waals surface area (Å²) in [5.74, 6) is 0.476. The predicted molar refractivity (Wildman–Crippen MR) is 147 cm³/mol. The fourth-order valence-electron chi connectivity index (χ4n) is 4.65. The molecule has 7 heteroatoms. The maximum Gasteiger partial charge on any atom is 0.261 e. The van der Waals surface area contributed by atoms with Crippen molar-refractivity contribution in [2.75, 3.05) is 11.8 Å². The number of hydrogen-bond acceptors (Lipinski definition) is 5. The van der Waals surface area contributed by atoms with Crippen LogP contribution in [0.25, 0.3) is 16.5 Å². The minimum atomic E-state index is -3.84. The number of carbonyl (C=O) groups is 1. The van der Waals surface area contributed by atoms with E-state index in [-0.39, 0.29) is 16.2 Å². The molecule has 5 rings (SSSR count). The van der Waals surface area contributed by atoms with Crippen LogP contribution >= 0.6 is 0 Å². The Balaban J connectivity index is 1.43. The van der Waals surface area contributed by atoms with Crippen molar-refractivity contribution in [2.24, 2.45) is 0 Å². The molecule has 0 unspecified atom stereocenters. The van der Waals surface area contributed by atoms with Crippen LogP contribution in [0.1, 0.15) is 35.3 Å². The Bertz CT molecular complexity index is 1660. The van der Waals surface area contributed by atoms with E-state index < -0.39 is 10.0 Å². The van der Waals surface area contributed by atoms with Gasteiger partial charge < -0.3 is 10.1 Å². The van der Waals surface area contributed by atoms with Gasteiger partial charge in [0.2, 0.25) is 0 Å². The average Bonchev–Trinajstić information content (AvgIpc) is 2.87. The van der Waals surface area contributed by atoms with E-state index in [1.165, 1.54) is 0 Å². The van der Waals surface area contributed by atoms with Crippen molar-refractivity contribution in [3.63, 3.8) is 0 Å². The van der Waals surface area contributed by atoms with Gasteiger partial charge in [-0.05, 0) is 73.0 Å². The zero-order chi connectivity index (χ0) is 26.2. The van der Waals surface area contributed by atoms with E-state index in [9.17, 15) is 13.2 Å².